The van der Waals surface area contributed by atoms with Gasteiger partial charge in [0.1, 0.15) is 17.1 Å². The third-order valence-corrected chi connectivity index (χ3v) is 4.01. The highest BCUT2D eigenvalue weighted by atomic mass is 35.5. The highest BCUT2D eigenvalue weighted by Crippen LogP contribution is 2.30. The number of amides is 1. The van der Waals surface area contributed by atoms with Crippen molar-refractivity contribution in [2.45, 2.75) is 38.1 Å². The lowest BCUT2D eigenvalue weighted by Crippen LogP contribution is -2.42. The monoisotopic (exact) mass is 297 g/mol. The SMILES string of the molecule is O=C(c1c(O)cccc1O)N(CCCl)C1CCCCC1. The number of carbonyl (C=O) groups is 1. The Bertz CT molecular complexity index is 452. The number of phenolic OH excluding ortho intramolecular Hbond substituents is 2. The van der Waals surface area contributed by atoms with Crippen LogP contribution in [0.3, 0.4) is 0 Å². The van der Waals surface area contributed by atoms with Crippen LogP contribution in [0.2, 0.25) is 0 Å². The van der Waals surface area contributed by atoms with Crippen LogP contribution in [0, 0.1) is 0 Å². The number of rotatable bonds is 4. The van der Waals surface area contributed by atoms with Crippen LogP contribution in [0.15, 0.2) is 18.2 Å². The second-order valence-corrected chi connectivity index (χ2v) is 5.53. The molecule has 2 rings (SSSR count). The molecule has 5 heteroatoms. The molecule has 1 saturated carbocycles. The molecule has 0 saturated heterocycles. The van der Waals surface area contributed by atoms with Crippen LogP contribution in [-0.2, 0) is 0 Å². The van der Waals surface area contributed by atoms with Gasteiger partial charge in [-0.2, -0.15) is 0 Å². The van der Waals surface area contributed by atoms with E-state index >= 15 is 0 Å². The maximum Gasteiger partial charge on any atom is 0.261 e. The fourth-order valence-electron chi connectivity index (χ4n) is 2.82. The standard InChI is InChI=1S/C15H20ClNO3/c16-9-10-17(11-5-2-1-3-6-11)15(20)14-12(18)7-4-8-13(14)19/h4,7-8,11,18-19H,1-3,5-6,9-10H2. The lowest BCUT2D eigenvalue weighted by atomic mass is 9.93. The summed E-state index contributed by atoms with van der Waals surface area (Å²) in [5.74, 6) is -0.375. The van der Waals surface area contributed by atoms with Gasteiger partial charge in [-0.15, -0.1) is 11.6 Å². The van der Waals surface area contributed by atoms with Gasteiger partial charge in [0.25, 0.3) is 5.91 Å². The van der Waals surface area contributed by atoms with Crippen molar-refractivity contribution < 1.29 is 15.0 Å². The predicted molar refractivity (Wildman–Crippen MR) is 78.4 cm³/mol. The zero-order chi connectivity index (χ0) is 14.5. The molecule has 1 aliphatic carbocycles. The van der Waals surface area contributed by atoms with E-state index in [0.717, 1.165) is 25.7 Å². The fraction of sp³-hybridized carbons (Fsp3) is 0.533. The van der Waals surface area contributed by atoms with Gasteiger partial charge in [0, 0.05) is 18.5 Å². The van der Waals surface area contributed by atoms with Crippen LogP contribution in [0.4, 0.5) is 0 Å². The molecule has 1 fully saturated rings. The molecule has 0 heterocycles. The first-order valence-corrected chi connectivity index (χ1v) is 7.56. The number of phenols is 2. The van der Waals surface area contributed by atoms with Crippen molar-refractivity contribution >= 4 is 17.5 Å². The Morgan fingerprint density at radius 1 is 1.20 bits per heavy atom. The Balaban J connectivity index is 2.26. The van der Waals surface area contributed by atoms with Gasteiger partial charge in [0.05, 0.1) is 0 Å². The normalized spacial score (nSPS) is 16.1. The molecule has 110 valence electrons. The predicted octanol–water partition coefficient (Wildman–Crippen LogP) is 3.11. The van der Waals surface area contributed by atoms with E-state index in [1.807, 2.05) is 0 Å². The van der Waals surface area contributed by atoms with Crippen molar-refractivity contribution in [1.29, 1.82) is 0 Å². The fourth-order valence-corrected chi connectivity index (χ4v) is 3.01. The minimum atomic E-state index is -0.340. The van der Waals surface area contributed by atoms with Gasteiger partial charge in [0.15, 0.2) is 0 Å². The molecule has 0 bridgehead atoms. The summed E-state index contributed by atoms with van der Waals surface area (Å²) in [4.78, 5) is 14.3. The third-order valence-electron chi connectivity index (χ3n) is 3.84. The first-order chi connectivity index (χ1) is 9.65. The molecule has 20 heavy (non-hydrogen) atoms. The van der Waals surface area contributed by atoms with Crippen molar-refractivity contribution in [3.05, 3.63) is 23.8 Å². The van der Waals surface area contributed by atoms with E-state index in [0.29, 0.717) is 12.4 Å². The van der Waals surface area contributed by atoms with Gasteiger partial charge in [0.2, 0.25) is 0 Å². The van der Waals surface area contributed by atoms with Gasteiger partial charge in [-0.05, 0) is 25.0 Å². The molecule has 2 N–H and O–H groups in total. The minimum absolute atomic E-state index is 0.0248. The summed E-state index contributed by atoms with van der Waals surface area (Å²) in [6, 6.07) is 4.47. The summed E-state index contributed by atoms with van der Waals surface area (Å²) >= 11 is 5.81. The van der Waals surface area contributed by atoms with E-state index < -0.39 is 0 Å². The van der Waals surface area contributed by atoms with Gasteiger partial charge >= 0.3 is 0 Å². The zero-order valence-electron chi connectivity index (χ0n) is 11.4. The van der Waals surface area contributed by atoms with E-state index in [4.69, 9.17) is 11.6 Å². The highest BCUT2D eigenvalue weighted by Gasteiger charge is 2.28. The van der Waals surface area contributed by atoms with Crippen molar-refractivity contribution in [3.63, 3.8) is 0 Å². The number of alkyl halides is 1. The van der Waals surface area contributed by atoms with Gasteiger partial charge in [-0.3, -0.25) is 4.79 Å². The van der Waals surface area contributed by atoms with Crippen molar-refractivity contribution in [2.24, 2.45) is 0 Å². The van der Waals surface area contributed by atoms with E-state index in [1.54, 1.807) is 4.90 Å². The Hall–Kier alpha value is -1.42. The Labute approximate surface area is 124 Å². The van der Waals surface area contributed by atoms with E-state index in [-0.39, 0.29) is 29.0 Å². The maximum absolute atomic E-state index is 12.6. The number of benzene rings is 1. The lowest BCUT2D eigenvalue weighted by Gasteiger charge is -2.34. The zero-order valence-corrected chi connectivity index (χ0v) is 12.1. The highest BCUT2D eigenvalue weighted by molar-refractivity contribution is 6.18. The minimum Gasteiger partial charge on any atom is -0.507 e. The Morgan fingerprint density at radius 2 is 1.80 bits per heavy atom. The largest absolute Gasteiger partial charge is 0.507 e. The van der Waals surface area contributed by atoms with E-state index in [9.17, 15) is 15.0 Å². The molecule has 4 nitrogen and oxygen atoms in total. The number of halogens is 1. The molecule has 1 aliphatic rings. The average molecular weight is 298 g/mol. The number of hydrogen-bond acceptors (Lipinski definition) is 3. The van der Waals surface area contributed by atoms with E-state index in [2.05, 4.69) is 0 Å². The number of carbonyl (C=O) groups excluding carboxylic acids is 1. The molecule has 0 radical (unpaired) electrons. The van der Waals surface area contributed by atoms with Crippen LogP contribution in [0.1, 0.15) is 42.5 Å². The van der Waals surface area contributed by atoms with Crippen LogP contribution in [0.25, 0.3) is 0 Å². The summed E-state index contributed by atoms with van der Waals surface area (Å²) < 4.78 is 0. The molecule has 1 aromatic rings. The van der Waals surface area contributed by atoms with Gasteiger partial charge in [-0.25, -0.2) is 0 Å². The molecule has 0 spiro atoms. The molecule has 1 amide bonds. The van der Waals surface area contributed by atoms with Crippen molar-refractivity contribution in [3.8, 4) is 11.5 Å². The average Bonchev–Trinajstić information content (AvgIpc) is 2.45. The van der Waals surface area contributed by atoms with Gasteiger partial charge in [-0.1, -0.05) is 25.3 Å². The van der Waals surface area contributed by atoms with Crippen molar-refractivity contribution in [1.82, 2.24) is 4.90 Å². The second-order valence-electron chi connectivity index (χ2n) is 5.15. The summed E-state index contributed by atoms with van der Waals surface area (Å²) in [5.41, 5.74) is -0.0248. The number of nitrogens with zero attached hydrogens (tertiary/aromatic N) is 1. The second kappa shape index (κ2) is 6.84. The van der Waals surface area contributed by atoms with Gasteiger partial charge < -0.3 is 15.1 Å². The quantitative estimate of drug-likeness (QED) is 0.840. The summed E-state index contributed by atoms with van der Waals surface area (Å²) in [7, 11) is 0. The first-order valence-electron chi connectivity index (χ1n) is 7.03. The van der Waals surface area contributed by atoms with Crippen LogP contribution in [-0.4, -0.2) is 39.5 Å². The molecule has 1 aromatic carbocycles. The first kappa shape index (κ1) is 15.0. The number of aromatic hydroxyl groups is 2. The molecule has 0 unspecified atom stereocenters. The summed E-state index contributed by atoms with van der Waals surface area (Å²) in [6.07, 6.45) is 5.31. The maximum atomic E-state index is 12.6. The van der Waals surface area contributed by atoms with E-state index in [1.165, 1.54) is 24.6 Å². The summed E-state index contributed by atoms with van der Waals surface area (Å²) in [6.45, 7) is 0.429. The topological polar surface area (TPSA) is 60.8 Å². The van der Waals surface area contributed by atoms with Crippen LogP contribution < -0.4 is 0 Å². The Kier molecular flexibility index (Phi) is 5.12. The summed E-state index contributed by atoms with van der Waals surface area (Å²) in [5, 5.41) is 19.7. The lowest BCUT2D eigenvalue weighted by molar-refractivity contribution is 0.0643. The van der Waals surface area contributed by atoms with Crippen molar-refractivity contribution in [2.75, 3.05) is 12.4 Å². The smallest absolute Gasteiger partial charge is 0.261 e. The molecular weight excluding hydrogens is 278 g/mol. The van der Waals surface area contributed by atoms with Crippen LogP contribution >= 0.6 is 11.6 Å². The van der Waals surface area contributed by atoms with Crippen LogP contribution in [0.5, 0.6) is 11.5 Å². The molecule has 0 aromatic heterocycles. The third kappa shape index (κ3) is 3.18. The number of hydrogen-bond donors (Lipinski definition) is 2. The molecule has 0 atom stereocenters. The Morgan fingerprint density at radius 3 is 2.35 bits per heavy atom. The molecular formula is C15H20ClNO3. The molecule has 0 aliphatic heterocycles.